The Hall–Kier alpha value is -4.01. The van der Waals surface area contributed by atoms with Gasteiger partial charge < -0.3 is 14.3 Å². The number of aliphatic carboxylic acids is 1. The molecule has 9 heteroatoms. The number of hydrogen-bond donors (Lipinski definition) is 3. The number of rotatable bonds is 9. The van der Waals surface area contributed by atoms with Gasteiger partial charge in [-0.2, -0.15) is 0 Å². The molecule has 0 atom stereocenters. The van der Waals surface area contributed by atoms with Crippen LogP contribution in [-0.2, 0) is 4.79 Å². The van der Waals surface area contributed by atoms with E-state index in [4.69, 9.17) is 19.7 Å². The van der Waals surface area contributed by atoms with Crippen LogP contribution in [-0.4, -0.2) is 28.4 Å². The fourth-order valence-electron chi connectivity index (χ4n) is 2.36. The third-order valence-corrected chi connectivity index (χ3v) is 3.80. The van der Waals surface area contributed by atoms with Gasteiger partial charge in [0.15, 0.2) is 5.84 Å². The SMILES string of the molecule is N=C(/N=N\NCCCC(=O)O)c1ccc(Oc2ccc(-c3ncco3)cc2)cc1. The van der Waals surface area contributed by atoms with E-state index in [2.05, 4.69) is 20.7 Å². The number of nitrogens with zero attached hydrogens (tertiary/aromatic N) is 3. The quantitative estimate of drug-likeness (QED) is 0.163. The largest absolute Gasteiger partial charge is 0.481 e. The number of carboxylic acids is 1. The van der Waals surface area contributed by atoms with Crippen molar-refractivity contribution in [3.8, 4) is 23.0 Å². The minimum Gasteiger partial charge on any atom is -0.481 e. The lowest BCUT2D eigenvalue weighted by Gasteiger charge is -2.07. The number of ether oxygens (including phenoxy) is 1. The first-order chi connectivity index (χ1) is 14.1. The highest BCUT2D eigenvalue weighted by atomic mass is 16.5. The predicted octanol–water partition coefficient (Wildman–Crippen LogP) is 4.28. The monoisotopic (exact) mass is 393 g/mol. The Labute approximate surface area is 166 Å². The molecule has 9 nitrogen and oxygen atoms in total. The van der Waals surface area contributed by atoms with Gasteiger partial charge in [0.25, 0.3) is 0 Å². The predicted molar refractivity (Wildman–Crippen MR) is 105 cm³/mol. The Morgan fingerprint density at radius 1 is 1.14 bits per heavy atom. The van der Waals surface area contributed by atoms with Crippen LogP contribution in [0.3, 0.4) is 0 Å². The molecular formula is C20H19N5O4. The first-order valence-electron chi connectivity index (χ1n) is 8.84. The Kier molecular flexibility index (Phi) is 6.66. The molecule has 148 valence electrons. The molecule has 0 aliphatic rings. The molecule has 3 rings (SSSR count). The van der Waals surface area contributed by atoms with E-state index >= 15 is 0 Å². The van der Waals surface area contributed by atoms with E-state index in [9.17, 15) is 4.79 Å². The summed E-state index contributed by atoms with van der Waals surface area (Å²) in [6.07, 6.45) is 3.61. The van der Waals surface area contributed by atoms with Crippen LogP contribution >= 0.6 is 0 Å². The fraction of sp³-hybridized carbons (Fsp3) is 0.150. The molecule has 29 heavy (non-hydrogen) atoms. The third-order valence-electron chi connectivity index (χ3n) is 3.80. The minimum absolute atomic E-state index is 0.0161. The summed E-state index contributed by atoms with van der Waals surface area (Å²) in [4.78, 5) is 14.5. The lowest BCUT2D eigenvalue weighted by molar-refractivity contribution is -0.137. The van der Waals surface area contributed by atoms with Gasteiger partial charge in [-0.25, -0.2) is 4.98 Å². The maximum absolute atomic E-state index is 10.4. The van der Waals surface area contributed by atoms with Gasteiger partial charge in [-0.05, 0) is 55.0 Å². The summed E-state index contributed by atoms with van der Waals surface area (Å²) in [6.45, 7) is 0.380. The van der Waals surface area contributed by atoms with E-state index in [1.807, 2.05) is 24.3 Å². The van der Waals surface area contributed by atoms with Crippen LogP contribution in [0, 0.1) is 5.41 Å². The summed E-state index contributed by atoms with van der Waals surface area (Å²) < 4.78 is 11.0. The minimum atomic E-state index is -0.857. The summed E-state index contributed by atoms with van der Waals surface area (Å²) >= 11 is 0. The second-order valence-corrected chi connectivity index (χ2v) is 5.94. The van der Waals surface area contributed by atoms with Crippen molar-refractivity contribution in [2.45, 2.75) is 12.8 Å². The fourth-order valence-corrected chi connectivity index (χ4v) is 2.36. The van der Waals surface area contributed by atoms with Crippen LogP contribution in [0.15, 0.2) is 75.7 Å². The van der Waals surface area contributed by atoms with Crippen molar-refractivity contribution in [2.75, 3.05) is 6.54 Å². The molecule has 0 amide bonds. The van der Waals surface area contributed by atoms with Crippen LogP contribution in [0.25, 0.3) is 11.5 Å². The first kappa shape index (κ1) is 19.7. The average Bonchev–Trinajstić information content (AvgIpc) is 3.26. The van der Waals surface area contributed by atoms with Gasteiger partial charge in [-0.15, -0.1) is 5.11 Å². The Morgan fingerprint density at radius 3 is 2.45 bits per heavy atom. The smallest absolute Gasteiger partial charge is 0.303 e. The van der Waals surface area contributed by atoms with Crippen molar-refractivity contribution in [1.29, 1.82) is 5.41 Å². The summed E-state index contributed by atoms with van der Waals surface area (Å²) in [5.41, 5.74) is 4.05. The van der Waals surface area contributed by atoms with Gasteiger partial charge in [-0.3, -0.25) is 15.6 Å². The lowest BCUT2D eigenvalue weighted by atomic mass is 10.2. The van der Waals surface area contributed by atoms with Crippen molar-refractivity contribution < 1.29 is 19.1 Å². The van der Waals surface area contributed by atoms with Gasteiger partial charge in [0.2, 0.25) is 5.89 Å². The van der Waals surface area contributed by atoms with Gasteiger partial charge in [0.1, 0.15) is 17.8 Å². The Bertz CT molecular complexity index is 967. The van der Waals surface area contributed by atoms with Gasteiger partial charge in [0, 0.05) is 24.1 Å². The van der Waals surface area contributed by atoms with E-state index in [0.29, 0.717) is 35.9 Å². The zero-order valence-electron chi connectivity index (χ0n) is 15.4. The summed E-state index contributed by atoms with van der Waals surface area (Å²) in [7, 11) is 0. The molecule has 1 aromatic heterocycles. The molecule has 0 unspecified atom stereocenters. The molecule has 0 saturated carbocycles. The van der Waals surface area contributed by atoms with Gasteiger partial charge in [-0.1, -0.05) is 5.22 Å². The van der Waals surface area contributed by atoms with E-state index < -0.39 is 5.97 Å². The normalized spacial score (nSPS) is 10.8. The number of carbonyl (C=O) groups is 1. The van der Waals surface area contributed by atoms with Crippen LogP contribution in [0.4, 0.5) is 0 Å². The van der Waals surface area contributed by atoms with Crippen molar-refractivity contribution in [3.05, 3.63) is 66.6 Å². The van der Waals surface area contributed by atoms with Crippen molar-refractivity contribution >= 4 is 11.8 Å². The van der Waals surface area contributed by atoms with E-state index in [1.165, 1.54) is 6.26 Å². The number of amidine groups is 1. The lowest BCUT2D eigenvalue weighted by Crippen LogP contribution is -2.09. The Balaban J connectivity index is 1.50. The van der Waals surface area contributed by atoms with Crippen LogP contribution < -0.4 is 10.2 Å². The molecule has 0 fully saturated rings. The van der Waals surface area contributed by atoms with E-state index in [0.717, 1.165) is 5.56 Å². The zero-order valence-corrected chi connectivity index (χ0v) is 15.4. The Morgan fingerprint density at radius 2 is 1.83 bits per heavy atom. The van der Waals surface area contributed by atoms with Crippen molar-refractivity contribution in [3.63, 3.8) is 0 Å². The summed E-state index contributed by atoms with van der Waals surface area (Å²) in [6, 6.07) is 14.2. The van der Waals surface area contributed by atoms with E-state index in [-0.39, 0.29) is 12.3 Å². The molecule has 3 aromatic rings. The highest BCUT2D eigenvalue weighted by Crippen LogP contribution is 2.25. The molecule has 0 radical (unpaired) electrons. The van der Waals surface area contributed by atoms with Crippen LogP contribution in [0.1, 0.15) is 18.4 Å². The molecule has 0 aliphatic heterocycles. The molecule has 0 spiro atoms. The first-order valence-corrected chi connectivity index (χ1v) is 8.84. The second-order valence-electron chi connectivity index (χ2n) is 5.94. The molecular weight excluding hydrogens is 374 g/mol. The van der Waals surface area contributed by atoms with Crippen LogP contribution in [0.5, 0.6) is 11.5 Å². The van der Waals surface area contributed by atoms with E-state index in [1.54, 1.807) is 30.5 Å². The standard InChI is InChI=1S/C20H19N5O4/c21-19(24-25-23-11-1-2-18(26)27)14-3-7-16(8-4-14)29-17-9-5-15(6-10-17)20-22-12-13-28-20/h3-10,12-13H,1-2,11H2,(H,26,27)(H2,21,23,24). The third kappa shape index (κ3) is 5.99. The number of carboxylic acid groups (broad SMARTS) is 1. The molecule has 0 bridgehead atoms. The highest BCUT2D eigenvalue weighted by Gasteiger charge is 2.05. The molecule has 3 N–H and O–H groups in total. The van der Waals surface area contributed by atoms with Crippen LogP contribution in [0.2, 0.25) is 0 Å². The molecule has 0 aliphatic carbocycles. The number of aromatic nitrogens is 1. The maximum Gasteiger partial charge on any atom is 0.303 e. The topological polar surface area (TPSA) is 133 Å². The molecule has 2 aromatic carbocycles. The average molecular weight is 393 g/mol. The van der Waals surface area contributed by atoms with Gasteiger partial charge in [0.05, 0.1) is 6.20 Å². The summed E-state index contributed by atoms with van der Waals surface area (Å²) in [5.74, 6) is 0.953. The zero-order chi connectivity index (χ0) is 20.5. The molecule has 1 heterocycles. The number of oxazole rings is 1. The highest BCUT2D eigenvalue weighted by molar-refractivity contribution is 5.96. The maximum atomic E-state index is 10.4. The van der Waals surface area contributed by atoms with Gasteiger partial charge >= 0.3 is 5.97 Å². The number of nitrogens with one attached hydrogen (secondary N) is 2. The summed E-state index contributed by atoms with van der Waals surface area (Å²) in [5, 5.41) is 23.9. The molecule has 0 saturated heterocycles. The number of hydrogen-bond acceptors (Lipinski definition) is 6. The second kappa shape index (κ2) is 9.79. The van der Waals surface area contributed by atoms with Crippen molar-refractivity contribution in [1.82, 2.24) is 10.4 Å². The number of benzene rings is 2. The van der Waals surface area contributed by atoms with Crippen molar-refractivity contribution in [2.24, 2.45) is 10.3 Å².